The number of nitrogens with two attached hydrogens (primary N) is 1. The molecule has 2 N–H and O–H groups in total. The van der Waals surface area contributed by atoms with Gasteiger partial charge in [0, 0.05) is 10.7 Å². The first-order valence-electron chi connectivity index (χ1n) is 5.30. The zero-order valence-corrected chi connectivity index (χ0v) is 11.1. The molecular weight excluding hydrogens is 270 g/mol. The van der Waals surface area contributed by atoms with Gasteiger partial charge in [-0.25, -0.2) is 8.42 Å². The minimum Gasteiger partial charge on any atom is -0.399 e. The van der Waals surface area contributed by atoms with E-state index in [2.05, 4.69) is 0 Å². The van der Waals surface area contributed by atoms with Crippen LogP contribution in [0.25, 0.3) is 0 Å². The first-order chi connectivity index (χ1) is 8.47. The summed E-state index contributed by atoms with van der Waals surface area (Å²) in [4.78, 5) is 0.259. The molecule has 5 heteroatoms. The number of halogens is 1. The number of hydrogen-bond acceptors (Lipinski definition) is 3. The summed E-state index contributed by atoms with van der Waals surface area (Å²) in [6.45, 7) is 0. The normalized spacial score (nSPS) is 11.4. The van der Waals surface area contributed by atoms with E-state index in [0.717, 1.165) is 0 Å². The standard InChI is InChI=1S/C13H12ClNO2S/c14-11-4-6-13(7-5-11)18(16,17)9-10-2-1-3-12(15)8-10/h1-8H,9,15H2. The third-order valence-electron chi connectivity index (χ3n) is 2.48. The van der Waals surface area contributed by atoms with Crippen LogP contribution in [0.4, 0.5) is 5.69 Å². The number of rotatable bonds is 3. The second-order valence-electron chi connectivity index (χ2n) is 3.96. The fraction of sp³-hybridized carbons (Fsp3) is 0.0769. The predicted molar refractivity (Wildman–Crippen MR) is 73.2 cm³/mol. The Morgan fingerprint density at radius 2 is 1.72 bits per heavy atom. The zero-order chi connectivity index (χ0) is 13.2. The highest BCUT2D eigenvalue weighted by Crippen LogP contribution is 2.19. The second-order valence-corrected chi connectivity index (χ2v) is 6.38. The van der Waals surface area contributed by atoms with Gasteiger partial charge in [0.15, 0.2) is 9.84 Å². The van der Waals surface area contributed by atoms with Crippen molar-refractivity contribution >= 4 is 27.1 Å². The van der Waals surface area contributed by atoms with Crippen molar-refractivity contribution < 1.29 is 8.42 Å². The first kappa shape index (κ1) is 12.9. The van der Waals surface area contributed by atoms with Gasteiger partial charge in [0.25, 0.3) is 0 Å². The highest BCUT2D eigenvalue weighted by Gasteiger charge is 2.15. The molecule has 2 rings (SSSR count). The molecule has 0 saturated carbocycles. The molecule has 0 saturated heterocycles. The van der Waals surface area contributed by atoms with Crippen molar-refractivity contribution in [1.29, 1.82) is 0 Å². The Morgan fingerprint density at radius 3 is 2.33 bits per heavy atom. The molecule has 0 aromatic heterocycles. The van der Waals surface area contributed by atoms with Crippen LogP contribution in [0.5, 0.6) is 0 Å². The van der Waals surface area contributed by atoms with Gasteiger partial charge in [0.05, 0.1) is 10.6 Å². The van der Waals surface area contributed by atoms with E-state index in [1.165, 1.54) is 12.1 Å². The molecule has 18 heavy (non-hydrogen) atoms. The molecule has 0 fully saturated rings. The molecule has 0 heterocycles. The van der Waals surface area contributed by atoms with Crippen molar-refractivity contribution in [2.75, 3.05) is 5.73 Å². The fourth-order valence-electron chi connectivity index (χ4n) is 1.63. The van der Waals surface area contributed by atoms with E-state index < -0.39 is 9.84 Å². The van der Waals surface area contributed by atoms with Crippen molar-refractivity contribution in [2.45, 2.75) is 10.6 Å². The average Bonchev–Trinajstić information content (AvgIpc) is 2.29. The monoisotopic (exact) mass is 281 g/mol. The van der Waals surface area contributed by atoms with E-state index in [9.17, 15) is 8.42 Å². The van der Waals surface area contributed by atoms with Gasteiger partial charge in [0.2, 0.25) is 0 Å². The van der Waals surface area contributed by atoms with Gasteiger partial charge in [-0.05, 0) is 42.0 Å². The quantitative estimate of drug-likeness (QED) is 0.880. The van der Waals surface area contributed by atoms with Crippen molar-refractivity contribution in [3.8, 4) is 0 Å². The smallest absolute Gasteiger partial charge is 0.182 e. The van der Waals surface area contributed by atoms with E-state index in [4.69, 9.17) is 17.3 Å². The van der Waals surface area contributed by atoms with Crippen molar-refractivity contribution in [2.24, 2.45) is 0 Å². The summed E-state index contributed by atoms with van der Waals surface area (Å²) in [5.74, 6) is -0.0698. The summed E-state index contributed by atoms with van der Waals surface area (Å²) in [6, 6.07) is 13.0. The summed E-state index contributed by atoms with van der Waals surface area (Å²) in [6.07, 6.45) is 0. The third kappa shape index (κ3) is 3.03. The SMILES string of the molecule is Nc1cccc(CS(=O)(=O)c2ccc(Cl)cc2)c1. The average molecular weight is 282 g/mol. The molecule has 0 amide bonds. The van der Waals surface area contributed by atoms with E-state index in [-0.39, 0.29) is 10.6 Å². The van der Waals surface area contributed by atoms with Gasteiger partial charge >= 0.3 is 0 Å². The highest BCUT2D eigenvalue weighted by atomic mass is 35.5. The van der Waals surface area contributed by atoms with Crippen LogP contribution in [0.3, 0.4) is 0 Å². The number of benzene rings is 2. The molecule has 0 aliphatic heterocycles. The van der Waals surface area contributed by atoms with Crippen LogP contribution in [0.15, 0.2) is 53.4 Å². The Bertz CT molecular complexity index is 651. The van der Waals surface area contributed by atoms with Crippen molar-refractivity contribution in [3.05, 3.63) is 59.1 Å². The Kier molecular flexibility index (Phi) is 3.59. The lowest BCUT2D eigenvalue weighted by atomic mass is 10.2. The lowest BCUT2D eigenvalue weighted by molar-refractivity contribution is 0.595. The summed E-state index contributed by atoms with van der Waals surface area (Å²) in [5.41, 5.74) is 6.85. The molecule has 2 aromatic carbocycles. The van der Waals surface area contributed by atoms with E-state index >= 15 is 0 Å². The molecule has 94 valence electrons. The molecule has 0 spiro atoms. The molecular formula is C13H12ClNO2S. The van der Waals surface area contributed by atoms with Crippen LogP contribution < -0.4 is 5.73 Å². The largest absolute Gasteiger partial charge is 0.399 e. The van der Waals surface area contributed by atoms with Crippen LogP contribution in [-0.2, 0) is 15.6 Å². The van der Waals surface area contributed by atoms with Gasteiger partial charge in [-0.3, -0.25) is 0 Å². The summed E-state index contributed by atoms with van der Waals surface area (Å²) < 4.78 is 24.3. The third-order valence-corrected chi connectivity index (χ3v) is 4.44. The second kappa shape index (κ2) is 5.00. The van der Waals surface area contributed by atoms with Crippen LogP contribution in [-0.4, -0.2) is 8.42 Å². The topological polar surface area (TPSA) is 60.2 Å². The maximum Gasteiger partial charge on any atom is 0.182 e. The van der Waals surface area contributed by atoms with E-state index in [0.29, 0.717) is 16.3 Å². The van der Waals surface area contributed by atoms with E-state index in [1.807, 2.05) is 0 Å². The van der Waals surface area contributed by atoms with Gasteiger partial charge in [-0.15, -0.1) is 0 Å². The van der Waals surface area contributed by atoms with Crippen LogP contribution >= 0.6 is 11.6 Å². The lowest BCUT2D eigenvalue weighted by Gasteiger charge is -2.05. The number of nitrogen functional groups attached to an aromatic ring is 1. The number of hydrogen-bond donors (Lipinski definition) is 1. The maximum atomic E-state index is 12.1. The Labute approximate surface area is 111 Å². The van der Waals surface area contributed by atoms with Crippen molar-refractivity contribution in [3.63, 3.8) is 0 Å². The Morgan fingerprint density at radius 1 is 1.06 bits per heavy atom. The van der Waals surface area contributed by atoms with Gasteiger partial charge in [-0.2, -0.15) is 0 Å². The summed E-state index contributed by atoms with van der Waals surface area (Å²) in [5, 5.41) is 0.512. The number of sulfone groups is 1. The molecule has 2 aromatic rings. The molecule has 3 nitrogen and oxygen atoms in total. The Hall–Kier alpha value is -1.52. The molecule has 0 bridgehead atoms. The predicted octanol–water partition coefficient (Wildman–Crippen LogP) is 2.90. The molecule has 0 unspecified atom stereocenters. The molecule has 0 aliphatic rings. The first-order valence-corrected chi connectivity index (χ1v) is 7.33. The fourth-order valence-corrected chi connectivity index (χ4v) is 3.09. The minimum atomic E-state index is -3.36. The Balaban J connectivity index is 2.30. The van der Waals surface area contributed by atoms with Gasteiger partial charge < -0.3 is 5.73 Å². The van der Waals surface area contributed by atoms with Crippen molar-refractivity contribution in [1.82, 2.24) is 0 Å². The molecule has 0 aliphatic carbocycles. The summed E-state index contributed by atoms with van der Waals surface area (Å²) >= 11 is 5.73. The molecule has 0 atom stereocenters. The highest BCUT2D eigenvalue weighted by molar-refractivity contribution is 7.90. The maximum absolute atomic E-state index is 12.1. The van der Waals surface area contributed by atoms with Gasteiger partial charge in [0.1, 0.15) is 0 Å². The minimum absolute atomic E-state index is 0.0698. The van der Waals surface area contributed by atoms with E-state index in [1.54, 1.807) is 36.4 Å². The van der Waals surface area contributed by atoms with Crippen LogP contribution in [0.1, 0.15) is 5.56 Å². The number of anilines is 1. The summed E-state index contributed by atoms with van der Waals surface area (Å²) in [7, 11) is -3.36. The zero-order valence-electron chi connectivity index (χ0n) is 9.51. The lowest BCUT2D eigenvalue weighted by Crippen LogP contribution is -2.05. The van der Waals surface area contributed by atoms with Gasteiger partial charge in [-0.1, -0.05) is 23.7 Å². The molecule has 0 radical (unpaired) electrons. The van der Waals surface area contributed by atoms with Crippen LogP contribution in [0.2, 0.25) is 5.02 Å². The van der Waals surface area contributed by atoms with Crippen LogP contribution in [0, 0.1) is 0 Å².